The van der Waals surface area contributed by atoms with Crippen LogP contribution in [-0.4, -0.2) is 29.8 Å². The van der Waals surface area contributed by atoms with Gasteiger partial charge in [-0.1, -0.05) is 12.1 Å². The number of aromatic nitrogens is 1. The van der Waals surface area contributed by atoms with E-state index in [9.17, 15) is 4.79 Å². The molecule has 6 heteroatoms. The van der Waals surface area contributed by atoms with Crippen molar-refractivity contribution < 1.29 is 14.3 Å². The highest BCUT2D eigenvalue weighted by Crippen LogP contribution is 2.26. The molecule has 2 aromatic rings. The van der Waals surface area contributed by atoms with Gasteiger partial charge in [0.1, 0.15) is 5.75 Å². The third-order valence-electron chi connectivity index (χ3n) is 4.78. The summed E-state index contributed by atoms with van der Waals surface area (Å²) < 4.78 is 11.2. The van der Waals surface area contributed by atoms with Crippen molar-refractivity contribution in [1.29, 1.82) is 0 Å². The molecule has 6 nitrogen and oxygen atoms in total. The average Bonchev–Trinajstić information content (AvgIpc) is 2.61. The number of urea groups is 1. The second-order valence-electron chi connectivity index (χ2n) is 6.94. The first-order chi connectivity index (χ1) is 12.5. The first-order valence-electron chi connectivity index (χ1n) is 8.82. The molecule has 0 radical (unpaired) electrons. The molecule has 1 saturated heterocycles. The molecular weight excluding hydrogens is 330 g/mol. The van der Waals surface area contributed by atoms with Crippen molar-refractivity contribution in [3.63, 3.8) is 0 Å². The zero-order valence-corrected chi connectivity index (χ0v) is 15.5. The highest BCUT2D eigenvalue weighted by atomic mass is 16.5. The predicted octanol–water partition coefficient (Wildman–Crippen LogP) is 4.18. The number of nitrogens with zero attached hydrogens (tertiary/aromatic N) is 1. The van der Waals surface area contributed by atoms with Gasteiger partial charge in [0.15, 0.2) is 0 Å². The molecule has 138 valence electrons. The normalized spacial score (nSPS) is 16.0. The van der Waals surface area contributed by atoms with Crippen LogP contribution in [-0.2, 0) is 4.74 Å². The first-order valence-corrected chi connectivity index (χ1v) is 8.82. The predicted molar refractivity (Wildman–Crippen MR) is 101 cm³/mol. The van der Waals surface area contributed by atoms with Crippen LogP contribution in [0.5, 0.6) is 11.6 Å². The van der Waals surface area contributed by atoms with E-state index in [0.717, 1.165) is 24.2 Å². The lowest BCUT2D eigenvalue weighted by Crippen LogP contribution is -2.51. The van der Waals surface area contributed by atoms with Crippen molar-refractivity contribution in [2.24, 2.45) is 0 Å². The van der Waals surface area contributed by atoms with Gasteiger partial charge >= 0.3 is 6.03 Å². The number of rotatable bonds is 4. The van der Waals surface area contributed by atoms with Gasteiger partial charge in [-0.3, -0.25) is 0 Å². The SMILES string of the molecule is Cc1cccc(Oc2ccc(NC(=O)NC3(C)CCOCC3)cn2)c1C. The molecule has 2 heterocycles. The van der Waals surface area contributed by atoms with Crippen LogP contribution in [0.1, 0.15) is 30.9 Å². The number of amides is 2. The number of pyridine rings is 1. The van der Waals surface area contributed by atoms with Crippen LogP contribution in [0.25, 0.3) is 0 Å². The van der Waals surface area contributed by atoms with Crippen molar-refractivity contribution >= 4 is 11.7 Å². The number of carbonyl (C=O) groups excluding carboxylic acids is 1. The Bertz CT molecular complexity index is 768. The number of hydrogen-bond donors (Lipinski definition) is 2. The molecule has 2 amide bonds. The molecule has 1 aromatic carbocycles. The first kappa shape index (κ1) is 18.2. The highest BCUT2D eigenvalue weighted by molar-refractivity contribution is 5.89. The summed E-state index contributed by atoms with van der Waals surface area (Å²) in [5.41, 5.74) is 2.63. The van der Waals surface area contributed by atoms with Crippen LogP contribution < -0.4 is 15.4 Å². The molecule has 0 atom stereocenters. The number of benzene rings is 1. The Hall–Kier alpha value is -2.60. The van der Waals surface area contributed by atoms with Crippen molar-refractivity contribution in [3.8, 4) is 11.6 Å². The Kier molecular flexibility index (Phi) is 5.42. The number of aryl methyl sites for hydroxylation is 1. The quantitative estimate of drug-likeness (QED) is 0.863. The number of nitrogens with one attached hydrogen (secondary N) is 2. The summed E-state index contributed by atoms with van der Waals surface area (Å²) in [7, 11) is 0. The van der Waals surface area contributed by atoms with E-state index in [1.165, 1.54) is 5.56 Å². The number of ether oxygens (including phenoxy) is 2. The number of carbonyl (C=O) groups is 1. The fourth-order valence-electron chi connectivity index (χ4n) is 2.85. The molecule has 0 unspecified atom stereocenters. The molecule has 0 aliphatic carbocycles. The lowest BCUT2D eigenvalue weighted by molar-refractivity contribution is 0.0499. The van der Waals surface area contributed by atoms with Crippen LogP contribution >= 0.6 is 0 Å². The van der Waals surface area contributed by atoms with Gasteiger partial charge in [-0.2, -0.15) is 0 Å². The van der Waals surface area contributed by atoms with E-state index in [1.807, 2.05) is 39.0 Å². The lowest BCUT2D eigenvalue weighted by atomic mass is 9.93. The molecule has 0 bridgehead atoms. The summed E-state index contributed by atoms with van der Waals surface area (Å²) >= 11 is 0. The molecule has 3 rings (SSSR count). The van der Waals surface area contributed by atoms with Crippen LogP contribution in [0, 0.1) is 13.8 Å². The van der Waals surface area contributed by atoms with Crippen LogP contribution in [0.15, 0.2) is 36.5 Å². The monoisotopic (exact) mass is 355 g/mol. The summed E-state index contributed by atoms with van der Waals surface area (Å²) in [6.45, 7) is 7.43. The number of hydrogen-bond acceptors (Lipinski definition) is 4. The van der Waals surface area contributed by atoms with Gasteiger partial charge < -0.3 is 20.1 Å². The largest absolute Gasteiger partial charge is 0.439 e. The van der Waals surface area contributed by atoms with Gasteiger partial charge in [0.05, 0.1) is 11.9 Å². The fourth-order valence-corrected chi connectivity index (χ4v) is 2.85. The lowest BCUT2D eigenvalue weighted by Gasteiger charge is -2.34. The van der Waals surface area contributed by atoms with Crippen molar-refractivity contribution in [2.45, 2.75) is 39.2 Å². The van der Waals surface area contributed by atoms with E-state index < -0.39 is 0 Å². The van der Waals surface area contributed by atoms with E-state index in [-0.39, 0.29) is 11.6 Å². The second kappa shape index (κ2) is 7.74. The molecule has 0 saturated carbocycles. The zero-order chi connectivity index (χ0) is 18.6. The van der Waals surface area contributed by atoms with Crippen molar-refractivity contribution in [1.82, 2.24) is 10.3 Å². The van der Waals surface area contributed by atoms with Gasteiger partial charge in [-0.25, -0.2) is 9.78 Å². The van der Waals surface area contributed by atoms with E-state index in [2.05, 4.69) is 15.6 Å². The van der Waals surface area contributed by atoms with E-state index in [4.69, 9.17) is 9.47 Å². The molecule has 1 aliphatic rings. The van der Waals surface area contributed by atoms with E-state index in [1.54, 1.807) is 18.3 Å². The van der Waals surface area contributed by atoms with Crippen LogP contribution in [0.3, 0.4) is 0 Å². The minimum atomic E-state index is -0.237. The van der Waals surface area contributed by atoms with E-state index in [0.29, 0.717) is 24.8 Å². The van der Waals surface area contributed by atoms with Gasteiger partial charge in [-0.05, 0) is 56.9 Å². The van der Waals surface area contributed by atoms with Gasteiger partial charge in [-0.15, -0.1) is 0 Å². The topological polar surface area (TPSA) is 72.5 Å². The van der Waals surface area contributed by atoms with Gasteiger partial charge in [0, 0.05) is 24.8 Å². The Labute approximate surface area is 153 Å². The average molecular weight is 355 g/mol. The maximum absolute atomic E-state index is 12.2. The third-order valence-corrected chi connectivity index (χ3v) is 4.78. The maximum atomic E-state index is 12.2. The zero-order valence-electron chi connectivity index (χ0n) is 15.5. The third kappa shape index (κ3) is 4.52. The minimum Gasteiger partial charge on any atom is -0.439 e. The number of anilines is 1. The summed E-state index contributed by atoms with van der Waals surface area (Å²) in [5.74, 6) is 1.27. The smallest absolute Gasteiger partial charge is 0.319 e. The molecular formula is C20H25N3O3. The Morgan fingerprint density at radius 1 is 1.19 bits per heavy atom. The fraction of sp³-hybridized carbons (Fsp3) is 0.400. The maximum Gasteiger partial charge on any atom is 0.319 e. The van der Waals surface area contributed by atoms with Crippen molar-refractivity contribution in [2.75, 3.05) is 18.5 Å². The van der Waals surface area contributed by atoms with Crippen LogP contribution in [0.2, 0.25) is 0 Å². The second-order valence-corrected chi connectivity index (χ2v) is 6.94. The molecule has 26 heavy (non-hydrogen) atoms. The summed E-state index contributed by atoms with van der Waals surface area (Å²) in [5, 5.41) is 5.84. The Morgan fingerprint density at radius 3 is 2.65 bits per heavy atom. The summed E-state index contributed by atoms with van der Waals surface area (Å²) in [4.78, 5) is 16.5. The van der Waals surface area contributed by atoms with Crippen molar-refractivity contribution in [3.05, 3.63) is 47.7 Å². The summed E-state index contributed by atoms with van der Waals surface area (Å²) in [6, 6.07) is 9.19. The molecule has 2 N–H and O–H groups in total. The highest BCUT2D eigenvalue weighted by Gasteiger charge is 2.28. The Balaban J connectivity index is 1.59. The van der Waals surface area contributed by atoms with Gasteiger partial charge in [0.2, 0.25) is 5.88 Å². The Morgan fingerprint density at radius 2 is 1.96 bits per heavy atom. The molecule has 1 aromatic heterocycles. The molecule has 1 aliphatic heterocycles. The standard InChI is InChI=1S/C20H25N3O3/c1-14-5-4-6-17(15(14)2)26-18-8-7-16(13-21-18)22-19(24)23-20(3)9-11-25-12-10-20/h4-8,13H,9-12H2,1-3H3,(H2,22,23,24). The van der Waals surface area contributed by atoms with Crippen LogP contribution in [0.4, 0.5) is 10.5 Å². The minimum absolute atomic E-state index is 0.235. The van der Waals surface area contributed by atoms with Gasteiger partial charge in [0.25, 0.3) is 0 Å². The molecule has 0 spiro atoms. The summed E-state index contributed by atoms with van der Waals surface area (Å²) in [6.07, 6.45) is 3.20. The molecule has 1 fully saturated rings. The van der Waals surface area contributed by atoms with E-state index >= 15 is 0 Å².